The number of pyridine rings is 1. The summed E-state index contributed by atoms with van der Waals surface area (Å²) < 4.78 is 5.46. The first kappa shape index (κ1) is 23.4. The highest BCUT2D eigenvalue weighted by atomic mass is 16.5. The molecule has 0 radical (unpaired) electrons. The van der Waals surface area contributed by atoms with E-state index in [2.05, 4.69) is 89.6 Å². The lowest BCUT2D eigenvalue weighted by Gasteiger charge is -2.31. The highest BCUT2D eigenvalue weighted by Gasteiger charge is 2.27. The summed E-state index contributed by atoms with van der Waals surface area (Å²) in [6.07, 6.45) is 14.0. The minimum atomic E-state index is 0.264. The molecule has 0 spiro atoms. The summed E-state index contributed by atoms with van der Waals surface area (Å²) in [6.45, 7) is 11.3. The van der Waals surface area contributed by atoms with E-state index in [4.69, 9.17) is 9.72 Å². The fourth-order valence-electron chi connectivity index (χ4n) is 4.57. The van der Waals surface area contributed by atoms with Crippen LogP contribution in [0.1, 0.15) is 76.3 Å². The van der Waals surface area contributed by atoms with E-state index in [9.17, 15) is 0 Å². The minimum absolute atomic E-state index is 0.264. The number of fused-ring (bicyclic) bond motifs is 1. The molecule has 174 valence electrons. The largest absolute Gasteiger partial charge is 0.481 e. The maximum absolute atomic E-state index is 5.46. The summed E-state index contributed by atoms with van der Waals surface area (Å²) >= 11 is 0. The van der Waals surface area contributed by atoms with Gasteiger partial charge < -0.3 is 4.74 Å². The van der Waals surface area contributed by atoms with Crippen LogP contribution in [0.5, 0.6) is 5.88 Å². The maximum atomic E-state index is 5.46. The van der Waals surface area contributed by atoms with Crippen LogP contribution < -0.4 is 4.74 Å². The zero-order chi connectivity index (χ0) is 23.6. The van der Waals surface area contributed by atoms with Gasteiger partial charge in [-0.05, 0) is 53.9 Å². The molecule has 4 rings (SSSR count). The number of hydrogen-bond donors (Lipinski definition) is 0. The van der Waals surface area contributed by atoms with Gasteiger partial charge in [0.25, 0.3) is 0 Å². The highest BCUT2D eigenvalue weighted by molar-refractivity contribution is 6.01. The molecule has 33 heavy (non-hydrogen) atoms. The molecule has 1 atom stereocenters. The van der Waals surface area contributed by atoms with Crippen molar-refractivity contribution in [3.63, 3.8) is 0 Å². The molecular weight excluding hydrogens is 402 g/mol. The van der Waals surface area contributed by atoms with Gasteiger partial charge in [0.15, 0.2) is 0 Å². The van der Waals surface area contributed by atoms with Gasteiger partial charge >= 0.3 is 0 Å². The Bertz CT molecular complexity index is 1070. The molecule has 1 saturated carbocycles. The number of nitrogens with zero attached hydrogens (tertiary/aromatic N) is 1. The number of aromatic nitrogens is 1. The Labute approximate surface area is 200 Å². The van der Waals surface area contributed by atoms with Crippen LogP contribution in [-0.2, 0) is 6.42 Å². The first-order valence-corrected chi connectivity index (χ1v) is 12.4. The van der Waals surface area contributed by atoms with Crippen molar-refractivity contribution in [1.29, 1.82) is 0 Å². The van der Waals surface area contributed by atoms with E-state index >= 15 is 0 Å². The van der Waals surface area contributed by atoms with Crippen molar-refractivity contribution in [3.05, 3.63) is 89.0 Å². The molecule has 2 heteroatoms. The lowest BCUT2D eigenvalue weighted by molar-refractivity contribution is 0.300. The fourth-order valence-corrected chi connectivity index (χ4v) is 4.57. The monoisotopic (exact) mass is 440 g/mol. The Hall–Kier alpha value is -2.74. The molecule has 0 bridgehead atoms. The van der Waals surface area contributed by atoms with E-state index in [1.807, 2.05) is 6.07 Å². The average Bonchev–Trinajstić information content (AvgIpc) is 2.89. The maximum Gasteiger partial charge on any atom is 0.213 e. The van der Waals surface area contributed by atoms with E-state index in [0.29, 0.717) is 17.7 Å². The summed E-state index contributed by atoms with van der Waals surface area (Å²) in [4.78, 5) is 4.88. The van der Waals surface area contributed by atoms with E-state index in [1.54, 1.807) is 7.11 Å². The topological polar surface area (TPSA) is 22.1 Å². The van der Waals surface area contributed by atoms with Crippen LogP contribution in [0.25, 0.3) is 11.1 Å². The number of ether oxygens (including phenoxy) is 1. The van der Waals surface area contributed by atoms with Crippen LogP contribution in [0.2, 0.25) is 0 Å². The predicted octanol–water partition coefficient (Wildman–Crippen LogP) is 8.09. The van der Waals surface area contributed by atoms with Crippen LogP contribution >= 0.6 is 0 Å². The number of methoxy groups -OCH3 is 1. The number of benzene rings is 1. The van der Waals surface area contributed by atoms with Crippen LogP contribution in [0.15, 0.2) is 60.2 Å². The highest BCUT2D eigenvalue weighted by Crippen LogP contribution is 2.42. The summed E-state index contributed by atoms with van der Waals surface area (Å²) in [5.41, 5.74) is 9.22. The Kier molecular flexibility index (Phi) is 6.83. The second-order valence-electron chi connectivity index (χ2n) is 10.6. The quantitative estimate of drug-likeness (QED) is 0.423. The Morgan fingerprint density at radius 1 is 1.09 bits per heavy atom. The Morgan fingerprint density at radius 2 is 1.82 bits per heavy atom. The van der Waals surface area contributed by atoms with Crippen molar-refractivity contribution in [2.24, 2.45) is 17.3 Å². The third-order valence-electron chi connectivity index (χ3n) is 7.43. The summed E-state index contributed by atoms with van der Waals surface area (Å²) in [7, 11) is 1.70. The molecule has 1 unspecified atom stereocenters. The number of allylic oxidation sites excluding steroid dienone is 6. The molecule has 0 amide bonds. The second-order valence-corrected chi connectivity index (χ2v) is 10.6. The van der Waals surface area contributed by atoms with Gasteiger partial charge in [-0.25, -0.2) is 4.98 Å². The molecule has 2 aromatic rings. The first-order valence-electron chi connectivity index (χ1n) is 12.4. The summed E-state index contributed by atoms with van der Waals surface area (Å²) in [5.74, 6) is 1.88. The summed E-state index contributed by atoms with van der Waals surface area (Å²) in [5, 5.41) is 0. The minimum Gasteiger partial charge on any atom is -0.481 e. The van der Waals surface area contributed by atoms with E-state index in [1.165, 1.54) is 52.7 Å². The molecule has 2 aliphatic carbocycles. The molecule has 0 N–H and O–H groups in total. The van der Waals surface area contributed by atoms with Gasteiger partial charge in [-0.1, -0.05) is 63.8 Å². The van der Waals surface area contributed by atoms with Crippen LogP contribution in [-0.4, -0.2) is 12.1 Å². The van der Waals surface area contributed by atoms with Gasteiger partial charge in [0.2, 0.25) is 5.88 Å². The zero-order valence-electron chi connectivity index (χ0n) is 21.1. The molecule has 2 aliphatic rings. The van der Waals surface area contributed by atoms with Crippen LogP contribution in [0.3, 0.4) is 0 Å². The number of rotatable bonds is 6. The molecule has 0 aliphatic heterocycles. The number of hydrogen-bond acceptors (Lipinski definition) is 2. The third-order valence-corrected chi connectivity index (χ3v) is 7.43. The predicted molar refractivity (Wildman–Crippen MR) is 140 cm³/mol. The SMILES string of the molecule is C/C=C/C1=C(c2ccc([CH-]C(C)C(C)(C)C)cc2)C=C(C2CCC2)Cc2nc(OC)ccc21. The van der Waals surface area contributed by atoms with Crippen molar-refractivity contribution < 1.29 is 4.74 Å². The molecule has 1 heterocycles. The molecule has 1 aromatic carbocycles. The van der Waals surface area contributed by atoms with Crippen molar-refractivity contribution >= 4 is 11.1 Å². The molecule has 1 aromatic heterocycles. The van der Waals surface area contributed by atoms with Gasteiger partial charge in [-0.15, -0.1) is 12.1 Å². The van der Waals surface area contributed by atoms with Crippen LogP contribution in [0, 0.1) is 23.7 Å². The van der Waals surface area contributed by atoms with E-state index in [0.717, 1.165) is 12.1 Å². The van der Waals surface area contributed by atoms with Crippen LogP contribution in [0.4, 0.5) is 0 Å². The summed E-state index contributed by atoms with van der Waals surface area (Å²) in [6, 6.07) is 13.3. The van der Waals surface area contributed by atoms with E-state index in [-0.39, 0.29) is 5.41 Å². The molecule has 2 nitrogen and oxygen atoms in total. The molecule has 1 fully saturated rings. The normalized spacial score (nSPS) is 17.8. The Morgan fingerprint density at radius 3 is 2.39 bits per heavy atom. The molecule has 0 saturated heterocycles. The third kappa shape index (κ3) is 5.11. The van der Waals surface area contributed by atoms with Crippen molar-refractivity contribution in [1.82, 2.24) is 4.98 Å². The standard InChI is InChI=1S/C31H38NO/c1-7-9-26-27-16-17-30(33-6)32-29(27)20-25(23-10-8-11-23)19-28(26)24-14-12-22(13-15-24)18-21(2)31(3,4)5/h7,9,12-19,21,23H,8,10-11,20H2,1-6H3/q-1/b9-7+. The molecular formula is C31H38NO-. The van der Waals surface area contributed by atoms with Crippen molar-refractivity contribution in [2.75, 3.05) is 7.11 Å². The van der Waals surface area contributed by atoms with Gasteiger partial charge in [0.05, 0.1) is 12.8 Å². The first-order chi connectivity index (χ1) is 15.8. The smallest absolute Gasteiger partial charge is 0.213 e. The van der Waals surface area contributed by atoms with E-state index < -0.39 is 0 Å². The zero-order valence-corrected chi connectivity index (χ0v) is 21.1. The van der Waals surface area contributed by atoms with Crippen molar-refractivity contribution in [3.8, 4) is 5.88 Å². The van der Waals surface area contributed by atoms with Gasteiger partial charge in [-0.2, -0.15) is 24.1 Å². The Balaban J connectivity index is 1.79. The van der Waals surface area contributed by atoms with Crippen molar-refractivity contribution in [2.45, 2.75) is 60.3 Å². The van der Waals surface area contributed by atoms with Gasteiger partial charge in [0.1, 0.15) is 0 Å². The van der Waals surface area contributed by atoms with Gasteiger partial charge in [0, 0.05) is 18.1 Å². The second kappa shape index (κ2) is 9.63. The lowest BCUT2D eigenvalue weighted by Crippen LogP contribution is -2.17. The van der Waals surface area contributed by atoms with Gasteiger partial charge in [-0.3, -0.25) is 0 Å². The fraction of sp³-hybridized carbons (Fsp3) is 0.419. The lowest BCUT2D eigenvalue weighted by atomic mass is 9.77. The average molecular weight is 441 g/mol.